The molecule has 0 aliphatic carbocycles. The van der Waals surface area contributed by atoms with Crippen molar-refractivity contribution in [3.8, 4) is 0 Å². The number of hydrogen-bond acceptors (Lipinski definition) is 1. The molecule has 0 saturated heterocycles. The van der Waals surface area contributed by atoms with Gasteiger partial charge in [-0.2, -0.15) is 0 Å². The Morgan fingerprint density at radius 3 is 2.28 bits per heavy atom. The largest absolute Gasteiger partial charge is 0.126 e. The summed E-state index contributed by atoms with van der Waals surface area (Å²) >= 11 is 1.89. The summed E-state index contributed by atoms with van der Waals surface area (Å²) < 4.78 is 0. The molecular weight excluding hydrogens is 236 g/mol. The normalized spacial score (nSPS) is 11.6. The second-order valence-electron chi connectivity index (χ2n) is 4.22. The zero-order valence-electron chi connectivity index (χ0n) is 10.9. The highest BCUT2D eigenvalue weighted by Gasteiger charge is 2.01. The first-order valence-corrected chi connectivity index (χ1v) is 7.24. The van der Waals surface area contributed by atoms with Gasteiger partial charge in [-0.15, -0.1) is 11.8 Å². The molecule has 0 unspecified atom stereocenters. The fourth-order valence-corrected chi connectivity index (χ4v) is 2.62. The Morgan fingerprint density at radius 1 is 1.00 bits per heavy atom. The van der Waals surface area contributed by atoms with Gasteiger partial charge in [0.25, 0.3) is 0 Å². The van der Waals surface area contributed by atoms with Crippen LogP contribution < -0.4 is 0 Å². The predicted octanol–water partition coefficient (Wildman–Crippen LogP) is 5.25. The Kier molecular flexibility index (Phi) is 4.66. The molecule has 0 amide bonds. The Morgan fingerprint density at radius 2 is 1.67 bits per heavy atom. The second-order valence-corrected chi connectivity index (χ2v) is 5.52. The van der Waals surface area contributed by atoms with Gasteiger partial charge in [-0.25, -0.2) is 0 Å². The maximum atomic E-state index is 2.26. The van der Waals surface area contributed by atoms with Gasteiger partial charge in [0.05, 0.1) is 0 Å². The van der Waals surface area contributed by atoms with Crippen molar-refractivity contribution in [3.05, 3.63) is 71.3 Å². The lowest BCUT2D eigenvalue weighted by atomic mass is 10.1. The fraction of sp³-hybridized carbons (Fsp3) is 0.176. The zero-order chi connectivity index (χ0) is 12.8. The van der Waals surface area contributed by atoms with Gasteiger partial charge in [0, 0.05) is 4.91 Å². The third-order valence-corrected chi connectivity index (χ3v) is 3.69. The third-order valence-electron chi connectivity index (χ3n) is 2.73. The Labute approximate surface area is 114 Å². The molecule has 0 N–H and O–H groups in total. The molecule has 2 aromatic carbocycles. The van der Waals surface area contributed by atoms with Gasteiger partial charge >= 0.3 is 0 Å². The summed E-state index contributed by atoms with van der Waals surface area (Å²) in [6, 6.07) is 19.2. The molecule has 0 aromatic heterocycles. The van der Waals surface area contributed by atoms with Crippen molar-refractivity contribution in [1.29, 1.82) is 0 Å². The van der Waals surface area contributed by atoms with Crippen LogP contribution in [0.3, 0.4) is 0 Å². The molecule has 0 aliphatic heterocycles. The van der Waals surface area contributed by atoms with E-state index in [1.54, 1.807) is 0 Å². The van der Waals surface area contributed by atoms with Crippen molar-refractivity contribution < 1.29 is 0 Å². The van der Waals surface area contributed by atoms with E-state index in [-0.39, 0.29) is 0 Å². The Bertz CT molecular complexity index is 509. The summed E-state index contributed by atoms with van der Waals surface area (Å²) in [6.45, 7) is 4.31. The lowest BCUT2D eigenvalue weighted by Crippen LogP contribution is -1.83. The highest BCUT2D eigenvalue weighted by atomic mass is 32.2. The van der Waals surface area contributed by atoms with E-state index in [0.29, 0.717) is 0 Å². The number of hydrogen-bond donors (Lipinski definition) is 0. The Hall–Kier alpha value is -1.47. The molecule has 0 aliphatic rings. The van der Waals surface area contributed by atoms with Crippen LogP contribution in [-0.4, -0.2) is 5.75 Å². The maximum Gasteiger partial charge on any atom is 0.0150 e. The quantitative estimate of drug-likeness (QED) is 0.672. The van der Waals surface area contributed by atoms with Crippen molar-refractivity contribution in [2.24, 2.45) is 0 Å². The van der Waals surface area contributed by atoms with E-state index in [0.717, 1.165) is 5.75 Å². The molecule has 0 spiro atoms. The van der Waals surface area contributed by atoms with Crippen LogP contribution in [0.2, 0.25) is 0 Å². The molecule has 0 radical (unpaired) electrons. The molecule has 2 aromatic rings. The van der Waals surface area contributed by atoms with Crippen molar-refractivity contribution in [2.45, 2.75) is 13.8 Å². The number of rotatable bonds is 4. The third kappa shape index (κ3) is 3.51. The smallest absolute Gasteiger partial charge is 0.0150 e. The zero-order valence-corrected chi connectivity index (χ0v) is 11.7. The summed E-state index contributed by atoms with van der Waals surface area (Å²) in [4.78, 5) is 1.34. The van der Waals surface area contributed by atoms with E-state index in [1.165, 1.54) is 21.6 Å². The minimum atomic E-state index is 1.09. The molecule has 0 heterocycles. The number of aryl methyl sites for hydroxylation is 1. The van der Waals surface area contributed by atoms with Crippen molar-refractivity contribution in [1.82, 2.24) is 0 Å². The van der Waals surface area contributed by atoms with E-state index >= 15 is 0 Å². The van der Waals surface area contributed by atoms with Crippen molar-refractivity contribution in [2.75, 3.05) is 5.75 Å². The maximum absolute atomic E-state index is 2.26. The lowest BCUT2D eigenvalue weighted by Gasteiger charge is -2.07. The molecule has 0 atom stereocenters. The van der Waals surface area contributed by atoms with Crippen molar-refractivity contribution >= 4 is 22.7 Å². The van der Waals surface area contributed by atoms with Gasteiger partial charge in [-0.3, -0.25) is 0 Å². The van der Waals surface area contributed by atoms with Crippen LogP contribution in [0.1, 0.15) is 23.6 Å². The van der Waals surface area contributed by atoms with Gasteiger partial charge in [-0.05, 0) is 29.9 Å². The van der Waals surface area contributed by atoms with E-state index in [9.17, 15) is 0 Å². The van der Waals surface area contributed by atoms with E-state index in [1.807, 2.05) is 11.8 Å². The fourth-order valence-electron chi connectivity index (χ4n) is 1.78. The van der Waals surface area contributed by atoms with Crippen molar-refractivity contribution in [3.63, 3.8) is 0 Å². The molecule has 0 bridgehead atoms. The van der Waals surface area contributed by atoms with Gasteiger partial charge in [0.15, 0.2) is 0 Å². The molecule has 92 valence electrons. The van der Waals surface area contributed by atoms with Gasteiger partial charge in [0.1, 0.15) is 0 Å². The first-order chi connectivity index (χ1) is 8.79. The SMILES string of the molecule is CCS/C(=C/c1ccccc1)c1ccc(C)cc1. The van der Waals surface area contributed by atoms with Gasteiger partial charge in [-0.1, -0.05) is 67.1 Å². The lowest BCUT2D eigenvalue weighted by molar-refractivity contribution is 1.46. The molecule has 18 heavy (non-hydrogen) atoms. The van der Waals surface area contributed by atoms with Crippen LogP contribution in [-0.2, 0) is 0 Å². The number of thioether (sulfide) groups is 1. The second kappa shape index (κ2) is 6.46. The van der Waals surface area contributed by atoms with E-state index in [4.69, 9.17) is 0 Å². The minimum absolute atomic E-state index is 1.09. The van der Waals surface area contributed by atoms with Crippen LogP contribution in [0.15, 0.2) is 54.6 Å². The molecular formula is C17H18S. The average molecular weight is 254 g/mol. The Balaban J connectivity index is 2.33. The standard InChI is InChI=1S/C17H18S/c1-3-18-17(13-15-7-5-4-6-8-15)16-11-9-14(2)10-12-16/h4-13H,3H2,1-2H3/b17-13+. The summed E-state index contributed by atoms with van der Waals surface area (Å²) in [6.07, 6.45) is 2.26. The van der Waals surface area contributed by atoms with Crippen LogP contribution in [0, 0.1) is 6.92 Å². The highest BCUT2D eigenvalue weighted by molar-refractivity contribution is 8.08. The van der Waals surface area contributed by atoms with Crippen LogP contribution in [0.4, 0.5) is 0 Å². The number of benzene rings is 2. The van der Waals surface area contributed by atoms with Crippen LogP contribution in [0.25, 0.3) is 11.0 Å². The summed E-state index contributed by atoms with van der Waals surface area (Å²) in [5, 5.41) is 0. The first-order valence-electron chi connectivity index (χ1n) is 6.26. The molecule has 1 heteroatoms. The van der Waals surface area contributed by atoms with E-state index in [2.05, 4.69) is 74.5 Å². The van der Waals surface area contributed by atoms with Crippen LogP contribution in [0.5, 0.6) is 0 Å². The summed E-state index contributed by atoms with van der Waals surface area (Å²) in [5.41, 5.74) is 3.87. The summed E-state index contributed by atoms with van der Waals surface area (Å²) in [7, 11) is 0. The molecule has 2 rings (SSSR count). The molecule has 0 saturated carbocycles. The highest BCUT2D eigenvalue weighted by Crippen LogP contribution is 2.29. The average Bonchev–Trinajstić information content (AvgIpc) is 2.40. The topological polar surface area (TPSA) is 0 Å². The van der Waals surface area contributed by atoms with Gasteiger partial charge < -0.3 is 0 Å². The van der Waals surface area contributed by atoms with Gasteiger partial charge in [0.2, 0.25) is 0 Å². The predicted molar refractivity (Wildman–Crippen MR) is 83.6 cm³/mol. The summed E-state index contributed by atoms with van der Waals surface area (Å²) in [5.74, 6) is 1.09. The molecule has 0 nitrogen and oxygen atoms in total. The van der Waals surface area contributed by atoms with Crippen LogP contribution >= 0.6 is 11.8 Å². The monoisotopic (exact) mass is 254 g/mol. The first kappa shape index (κ1) is 13.0. The van der Waals surface area contributed by atoms with E-state index < -0.39 is 0 Å². The minimum Gasteiger partial charge on any atom is -0.126 e. The molecule has 0 fully saturated rings.